The fourth-order valence-electron chi connectivity index (χ4n) is 2.20. The maximum Gasteiger partial charge on any atom is 0.253 e. The van der Waals surface area contributed by atoms with E-state index in [9.17, 15) is 9.59 Å². The molecule has 5 heteroatoms. The van der Waals surface area contributed by atoms with Crippen LogP contribution in [0.3, 0.4) is 0 Å². The van der Waals surface area contributed by atoms with Crippen molar-refractivity contribution in [2.24, 2.45) is 0 Å². The van der Waals surface area contributed by atoms with Crippen LogP contribution in [-0.2, 0) is 4.79 Å². The molecule has 0 bridgehead atoms. The van der Waals surface area contributed by atoms with Gasteiger partial charge in [0.2, 0.25) is 5.91 Å². The smallest absolute Gasteiger partial charge is 0.253 e. The van der Waals surface area contributed by atoms with Crippen LogP contribution in [0.15, 0.2) is 24.3 Å². The molecule has 4 nitrogen and oxygen atoms in total. The second kappa shape index (κ2) is 6.06. The lowest BCUT2D eigenvalue weighted by atomic mass is 10.1. The summed E-state index contributed by atoms with van der Waals surface area (Å²) in [4.78, 5) is 27.2. The standard InChI is InChI=1S/C14H17ClN2O2/c1-11-3-2-4-12(9-11)14(19)17-7-5-16(6-8-17)13(18)10-15/h2-4,9H,5-8,10H2,1H3. The number of carbonyl (C=O) groups excluding carboxylic acids is 2. The second-order valence-electron chi connectivity index (χ2n) is 4.68. The number of nitrogens with zero attached hydrogens (tertiary/aromatic N) is 2. The minimum absolute atomic E-state index is 0.00578. The third kappa shape index (κ3) is 3.26. The molecule has 1 aliphatic heterocycles. The van der Waals surface area contributed by atoms with Gasteiger partial charge >= 0.3 is 0 Å². The number of aryl methyl sites for hydroxylation is 1. The van der Waals surface area contributed by atoms with Crippen molar-refractivity contribution in [1.82, 2.24) is 9.80 Å². The van der Waals surface area contributed by atoms with Crippen LogP contribution >= 0.6 is 11.6 Å². The van der Waals surface area contributed by atoms with E-state index in [0.29, 0.717) is 31.7 Å². The zero-order valence-electron chi connectivity index (χ0n) is 10.9. The van der Waals surface area contributed by atoms with Crippen LogP contribution in [0.1, 0.15) is 15.9 Å². The summed E-state index contributed by atoms with van der Waals surface area (Å²) in [5, 5.41) is 0. The number of piperazine rings is 1. The van der Waals surface area contributed by atoms with E-state index in [-0.39, 0.29) is 17.7 Å². The summed E-state index contributed by atoms with van der Waals surface area (Å²) < 4.78 is 0. The van der Waals surface area contributed by atoms with Crippen molar-refractivity contribution >= 4 is 23.4 Å². The molecule has 2 rings (SSSR count). The van der Waals surface area contributed by atoms with Crippen LogP contribution in [0.4, 0.5) is 0 Å². The molecule has 0 radical (unpaired) electrons. The van der Waals surface area contributed by atoms with Gasteiger partial charge in [0, 0.05) is 31.7 Å². The Morgan fingerprint density at radius 1 is 1.16 bits per heavy atom. The summed E-state index contributed by atoms with van der Waals surface area (Å²) in [6.45, 7) is 4.21. The minimum atomic E-state index is -0.0654. The predicted octanol–water partition coefficient (Wildman–Crippen LogP) is 1.52. The fraction of sp³-hybridized carbons (Fsp3) is 0.429. The van der Waals surface area contributed by atoms with Crippen molar-refractivity contribution in [3.8, 4) is 0 Å². The second-order valence-corrected chi connectivity index (χ2v) is 4.94. The molecule has 102 valence electrons. The van der Waals surface area contributed by atoms with Gasteiger partial charge in [0.05, 0.1) is 0 Å². The molecule has 0 unspecified atom stereocenters. The highest BCUT2D eigenvalue weighted by molar-refractivity contribution is 6.27. The Kier molecular flexibility index (Phi) is 4.43. The van der Waals surface area contributed by atoms with E-state index in [0.717, 1.165) is 5.56 Å². The Balaban J connectivity index is 1.98. The predicted molar refractivity (Wildman–Crippen MR) is 74.4 cm³/mol. The summed E-state index contributed by atoms with van der Waals surface area (Å²) in [6, 6.07) is 7.56. The number of hydrogen-bond acceptors (Lipinski definition) is 2. The van der Waals surface area contributed by atoms with Crippen LogP contribution in [0.2, 0.25) is 0 Å². The number of amides is 2. The van der Waals surface area contributed by atoms with Crippen LogP contribution in [-0.4, -0.2) is 53.7 Å². The maximum atomic E-state index is 12.3. The molecule has 0 spiro atoms. The van der Waals surface area contributed by atoms with Crippen molar-refractivity contribution in [2.75, 3.05) is 32.1 Å². The van der Waals surface area contributed by atoms with Gasteiger partial charge < -0.3 is 9.80 Å². The third-order valence-corrected chi connectivity index (χ3v) is 3.53. The maximum absolute atomic E-state index is 12.3. The molecular formula is C14H17ClN2O2. The molecule has 1 aliphatic rings. The van der Waals surface area contributed by atoms with Crippen molar-refractivity contribution in [2.45, 2.75) is 6.92 Å². The number of carbonyl (C=O) groups is 2. The number of alkyl halides is 1. The minimum Gasteiger partial charge on any atom is -0.338 e. The van der Waals surface area contributed by atoms with Gasteiger partial charge in [-0.3, -0.25) is 9.59 Å². The van der Waals surface area contributed by atoms with Gasteiger partial charge in [-0.05, 0) is 19.1 Å². The van der Waals surface area contributed by atoms with E-state index in [1.165, 1.54) is 0 Å². The number of benzene rings is 1. The molecule has 1 aromatic rings. The van der Waals surface area contributed by atoms with Crippen LogP contribution in [0.25, 0.3) is 0 Å². The van der Waals surface area contributed by atoms with E-state index in [2.05, 4.69) is 0 Å². The topological polar surface area (TPSA) is 40.6 Å². The SMILES string of the molecule is Cc1cccc(C(=O)N2CCN(C(=O)CCl)CC2)c1. The summed E-state index contributed by atoms with van der Waals surface area (Å²) in [7, 11) is 0. The van der Waals surface area contributed by atoms with E-state index >= 15 is 0 Å². The quantitative estimate of drug-likeness (QED) is 0.771. The highest BCUT2D eigenvalue weighted by atomic mass is 35.5. The van der Waals surface area contributed by atoms with Crippen LogP contribution < -0.4 is 0 Å². The van der Waals surface area contributed by atoms with Gasteiger partial charge in [0.25, 0.3) is 5.91 Å². The fourth-order valence-corrected chi connectivity index (χ4v) is 2.37. The third-order valence-electron chi connectivity index (χ3n) is 3.30. The van der Waals surface area contributed by atoms with E-state index in [4.69, 9.17) is 11.6 Å². The molecule has 2 amide bonds. The molecule has 0 aromatic heterocycles. The Morgan fingerprint density at radius 3 is 2.37 bits per heavy atom. The molecule has 0 aliphatic carbocycles. The zero-order chi connectivity index (χ0) is 13.8. The average molecular weight is 281 g/mol. The van der Waals surface area contributed by atoms with Gasteiger partial charge in [0.15, 0.2) is 0 Å². The van der Waals surface area contributed by atoms with Gasteiger partial charge in [-0.15, -0.1) is 11.6 Å². The van der Waals surface area contributed by atoms with Gasteiger partial charge in [0.1, 0.15) is 5.88 Å². The Labute approximate surface area is 117 Å². The largest absolute Gasteiger partial charge is 0.338 e. The molecule has 0 N–H and O–H groups in total. The van der Waals surface area contributed by atoms with Gasteiger partial charge in [-0.2, -0.15) is 0 Å². The number of rotatable bonds is 2. The highest BCUT2D eigenvalue weighted by Gasteiger charge is 2.24. The number of halogens is 1. The summed E-state index contributed by atoms with van der Waals surface area (Å²) >= 11 is 5.53. The Hall–Kier alpha value is -1.55. The lowest BCUT2D eigenvalue weighted by Crippen LogP contribution is -2.50. The molecule has 1 heterocycles. The van der Waals surface area contributed by atoms with E-state index in [1.54, 1.807) is 9.80 Å². The molecule has 0 atom stereocenters. The molecule has 1 aromatic carbocycles. The molecule has 1 saturated heterocycles. The van der Waals surface area contributed by atoms with Crippen LogP contribution in [0.5, 0.6) is 0 Å². The number of hydrogen-bond donors (Lipinski definition) is 0. The van der Waals surface area contributed by atoms with E-state index in [1.807, 2.05) is 31.2 Å². The molecule has 19 heavy (non-hydrogen) atoms. The molecule has 1 fully saturated rings. The first kappa shape index (κ1) is 13.9. The monoisotopic (exact) mass is 280 g/mol. The van der Waals surface area contributed by atoms with Crippen molar-refractivity contribution < 1.29 is 9.59 Å². The normalized spacial score (nSPS) is 15.5. The van der Waals surface area contributed by atoms with Gasteiger partial charge in [-0.1, -0.05) is 17.7 Å². The Morgan fingerprint density at radius 2 is 1.79 bits per heavy atom. The molecular weight excluding hydrogens is 264 g/mol. The van der Waals surface area contributed by atoms with E-state index < -0.39 is 0 Å². The average Bonchev–Trinajstić information content (AvgIpc) is 2.46. The summed E-state index contributed by atoms with van der Waals surface area (Å²) in [5.74, 6) is -0.0303. The lowest BCUT2D eigenvalue weighted by molar-refractivity contribution is -0.129. The van der Waals surface area contributed by atoms with Crippen molar-refractivity contribution in [3.63, 3.8) is 0 Å². The highest BCUT2D eigenvalue weighted by Crippen LogP contribution is 2.11. The molecule has 0 saturated carbocycles. The first-order valence-corrected chi connectivity index (χ1v) is 6.85. The summed E-state index contributed by atoms with van der Waals surface area (Å²) in [5.41, 5.74) is 1.78. The first-order chi connectivity index (χ1) is 9.11. The van der Waals surface area contributed by atoms with Crippen molar-refractivity contribution in [1.29, 1.82) is 0 Å². The first-order valence-electron chi connectivity index (χ1n) is 6.31. The lowest BCUT2D eigenvalue weighted by Gasteiger charge is -2.34. The van der Waals surface area contributed by atoms with Crippen molar-refractivity contribution in [3.05, 3.63) is 35.4 Å². The Bertz CT molecular complexity index is 482. The summed E-state index contributed by atoms with van der Waals surface area (Å²) in [6.07, 6.45) is 0. The zero-order valence-corrected chi connectivity index (χ0v) is 11.7. The van der Waals surface area contributed by atoms with Crippen LogP contribution in [0, 0.1) is 6.92 Å². The van der Waals surface area contributed by atoms with Gasteiger partial charge in [-0.25, -0.2) is 0 Å².